The third-order valence-corrected chi connectivity index (χ3v) is 7.18. The minimum Gasteiger partial charge on any atom is -0.390 e. The zero-order chi connectivity index (χ0) is 20.1. The molecule has 3 rings (SSSR count). The number of rotatable bonds is 7. The van der Waals surface area contributed by atoms with Gasteiger partial charge in [-0.05, 0) is 19.1 Å². The predicted octanol–water partition coefficient (Wildman–Crippen LogP) is -0.111. The van der Waals surface area contributed by atoms with E-state index in [1.54, 1.807) is 12.1 Å². The number of hydrogen-bond acceptors (Lipinski definition) is 7. The van der Waals surface area contributed by atoms with E-state index in [2.05, 4.69) is 9.80 Å². The van der Waals surface area contributed by atoms with Crippen LogP contribution < -0.4 is 0 Å². The Balaban J connectivity index is 1.50. The van der Waals surface area contributed by atoms with Crippen LogP contribution in [0.1, 0.15) is 17.3 Å². The van der Waals surface area contributed by atoms with Crippen molar-refractivity contribution < 1.29 is 23.1 Å². The van der Waals surface area contributed by atoms with E-state index in [1.807, 2.05) is 0 Å². The quantitative estimate of drug-likeness (QED) is 0.626. The summed E-state index contributed by atoms with van der Waals surface area (Å²) < 4.78 is 32.4. The van der Waals surface area contributed by atoms with Crippen LogP contribution in [-0.2, 0) is 14.8 Å². The Hall–Kier alpha value is -1.36. The summed E-state index contributed by atoms with van der Waals surface area (Å²) in [5.41, 5.74) is 0.498. The molecule has 9 heteroatoms. The average molecular weight is 412 g/mol. The van der Waals surface area contributed by atoms with Crippen molar-refractivity contribution in [3.63, 3.8) is 0 Å². The molecule has 1 atom stereocenters. The number of ether oxygens (including phenoxy) is 1. The van der Waals surface area contributed by atoms with E-state index in [0.717, 1.165) is 13.1 Å². The maximum absolute atomic E-state index is 12.8. The molecule has 1 aromatic rings. The van der Waals surface area contributed by atoms with Crippen molar-refractivity contribution in [3.8, 4) is 0 Å². The number of aliphatic hydroxyl groups excluding tert-OH is 1. The van der Waals surface area contributed by atoms with Gasteiger partial charge in [0.25, 0.3) is 0 Å². The highest BCUT2D eigenvalue weighted by Crippen LogP contribution is 2.18. The average Bonchev–Trinajstić information content (AvgIpc) is 2.69. The molecule has 8 nitrogen and oxygen atoms in total. The van der Waals surface area contributed by atoms with Crippen LogP contribution in [0.15, 0.2) is 29.2 Å². The van der Waals surface area contributed by atoms with Crippen LogP contribution in [-0.4, -0.2) is 105 Å². The first-order valence-corrected chi connectivity index (χ1v) is 11.1. The molecule has 2 aliphatic rings. The normalized spacial score (nSPS) is 21.5. The molecule has 156 valence electrons. The van der Waals surface area contributed by atoms with Gasteiger partial charge in [-0.2, -0.15) is 4.31 Å². The van der Waals surface area contributed by atoms with Gasteiger partial charge in [0.15, 0.2) is 5.78 Å². The molecule has 2 heterocycles. The number of ketones is 1. The highest BCUT2D eigenvalue weighted by Gasteiger charge is 2.29. The zero-order valence-electron chi connectivity index (χ0n) is 16.3. The summed E-state index contributed by atoms with van der Waals surface area (Å²) in [6.07, 6.45) is -0.458. The van der Waals surface area contributed by atoms with E-state index < -0.39 is 16.1 Å². The molecule has 0 aromatic heterocycles. The van der Waals surface area contributed by atoms with Crippen LogP contribution in [0.4, 0.5) is 0 Å². The number of piperazine rings is 1. The summed E-state index contributed by atoms with van der Waals surface area (Å²) in [4.78, 5) is 15.9. The van der Waals surface area contributed by atoms with Crippen molar-refractivity contribution in [1.82, 2.24) is 14.1 Å². The number of morpholine rings is 1. The second kappa shape index (κ2) is 9.43. The number of nitrogens with zero attached hydrogens (tertiary/aromatic N) is 3. The third-order valence-electron chi connectivity index (χ3n) is 5.27. The molecule has 0 amide bonds. The molecule has 0 spiro atoms. The summed E-state index contributed by atoms with van der Waals surface area (Å²) >= 11 is 0. The second-order valence-electron chi connectivity index (χ2n) is 7.35. The van der Waals surface area contributed by atoms with Crippen LogP contribution in [0.25, 0.3) is 0 Å². The maximum Gasteiger partial charge on any atom is 0.243 e. The zero-order valence-corrected chi connectivity index (χ0v) is 17.1. The van der Waals surface area contributed by atoms with Gasteiger partial charge in [0.05, 0.1) is 24.2 Å². The summed E-state index contributed by atoms with van der Waals surface area (Å²) in [7, 11) is -3.57. The Morgan fingerprint density at radius 3 is 2.07 bits per heavy atom. The third kappa shape index (κ3) is 5.37. The van der Waals surface area contributed by atoms with Gasteiger partial charge in [0.2, 0.25) is 10.0 Å². The number of sulfonamides is 1. The topological polar surface area (TPSA) is 90.4 Å². The number of carbonyl (C=O) groups is 1. The van der Waals surface area contributed by atoms with Gasteiger partial charge in [0.1, 0.15) is 0 Å². The van der Waals surface area contributed by atoms with Crippen molar-refractivity contribution in [2.75, 3.05) is 65.6 Å². The van der Waals surface area contributed by atoms with Gasteiger partial charge in [0, 0.05) is 57.9 Å². The Bertz CT molecular complexity index is 754. The Kier molecular flexibility index (Phi) is 7.19. The van der Waals surface area contributed by atoms with E-state index in [4.69, 9.17) is 4.74 Å². The molecule has 1 unspecified atom stereocenters. The van der Waals surface area contributed by atoms with Gasteiger partial charge >= 0.3 is 0 Å². The highest BCUT2D eigenvalue weighted by atomic mass is 32.2. The highest BCUT2D eigenvalue weighted by molar-refractivity contribution is 7.89. The second-order valence-corrected chi connectivity index (χ2v) is 9.29. The minimum atomic E-state index is -3.57. The van der Waals surface area contributed by atoms with Gasteiger partial charge < -0.3 is 9.84 Å². The molecule has 2 fully saturated rings. The van der Waals surface area contributed by atoms with Crippen molar-refractivity contribution in [2.24, 2.45) is 0 Å². The minimum absolute atomic E-state index is 0.0896. The molecule has 0 saturated carbocycles. The lowest BCUT2D eigenvalue weighted by Crippen LogP contribution is -2.52. The first-order chi connectivity index (χ1) is 13.4. The van der Waals surface area contributed by atoms with Gasteiger partial charge in [-0.3, -0.25) is 14.6 Å². The molecule has 0 bridgehead atoms. The number of β-amino-alcohol motifs (C(OH)–C–C–N with tert-alkyl or cyclic N) is 1. The van der Waals surface area contributed by atoms with Crippen LogP contribution in [0.3, 0.4) is 0 Å². The molecular formula is C19H29N3O5S. The van der Waals surface area contributed by atoms with E-state index >= 15 is 0 Å². The fraction of sp³-hybridized carbons (Fsp3) is 0.632. The molecule has 1 aromatic carbocycles. The number of Topliss-reactive ketones (excluding diaryl/α,β-unsaturated/α-hetero) is 1. The lowest BCUT2D eigenvalue weighted by atomic mass is 10.2. The van der Waals surface area contributed by atoms with Gasteiger partial charge in [-0.1, -0.05) is 12.1 Å². The molecule has 28 heavy (non-hydrogen) atoms. The molecule has 1 N–H and O–H groups in total. The first-order valence-electron chi connectivity index (χ1n) is 9.68. The number of carbonyl (C=O) groups excluding carboxylic acids is 1. The van der Waals surface area contributed by atoms with Crippen LogP contribution in [0, 0.1) is 0 Å². The summed E-state index contributed by atoms with van der Waals surface area (Å²) in [5.74, 6) is -0.0896. The standard InChI is InChI=1S/C19H29N3O5S/c1-16(23)17-2-4-19(5-3-17)28(25,26)22-8-6-20(7-9-22)14-18(24)15-21-10-12-27-13-11-21/h2-5,18,24H,6-15H2,1H3. The SMILES string of the molecule is CC(=O)c1ccc(S(=O)(=O)N2CCN(CC(O)CN3CCOCC3)CC2)cc1. The maximum atomic E-state index is 12.8. The van der Waals surface area contributed by atoms with Crippen LogP contribution in [0.5, 0.6) is 0 Å². The molecule has 2 saturated heterocycles. The fourth-order valence-electron chi connectivity index (χ4n) is 3.60. The summed E-state index contributed by atoms with van der Waals surface area (Å²) in [6, 6.07) is 6.08. The summed E-state index contributed by atoms with van der Waals surface area (Å²) in [6.45, 7) is 7.65. The molecule has 0 radical (unpaired) electrons. The Morgan fingerprint density at radius 2 is 1.54 bits per heavy atom. The van der Waals surface area contributed by atoms with E-state index in [1.165, 1.54) is 23.4 Å². The van der Waals surface area contributed by atoms with Crippen molar-refractivity contribution in [1.29, 1.82) is 0 Å². The van der Waals surface area contributed by atoms with E-state index in [0.29, 0.717) is 58.0 Å². The lowest BCUT2D eigenvalue weighted by molar-refractivity contribution is 0.00469. The van der Waals surface area contributed by atoms with Gasteiger partial charge in [-0.15, -0.1) is 0 Å². The fourth-order valence-corrected chi connectivity index (χ4v) is 5.02. The Morgan fingerprint density at radius 1 is 1.00 bits per heavy atom. The van der Waals surface area contributed by atoms with Crippen molar-refractivity contribution >= 4 is 15.8 Å². The monoisotopic (exact) mass is 411 g/mol. The number of hydrogen-bond donors (Lipinski definition) is 1. The molecule has 2 aliphatic heterocycles. The van der Waals surface area contributed by atoms with Crippen LogP contribution >= 0.6 is 0 Å². The van der Waals surface area contributed by atoms with E-state index in [-0.39, 0.29) is 10.7 Å². The molecule has 0 aliphatic carbocycles. The van der Waals surface area contributed by atoms with Gasteiger partial charge in [-0.25, -0.2) is 8.42 Å². The number of aliphatic hydroxyl groups is 1. The largest absolute Gasteiger partial charge is 0.390 e. The predicted molar refractivity (Wildman–Crippen MR) is 105 cm³/mol. The Labute approximate surface area is 166 Å². The van der Waals surface area contributed by atoms with Crippen molar-refractivity contribution in [2.45, 2.75) is 17.9 Å². The van der Waals surface area contributed by atoms with Crippen LogP contribution in [0.2, 0.25) is 0 Å². The lowest BCUT2D eigenvalue weighted by Gasteiger charge is -2.36. The number of benzene rings is 1. The molecular weight excluding hydrogens is 382 g/mol. The smallest absolute Gasteiger partial charge is 0.243 e. The van der Waals surface area contributed by atoms with Crippen molar-refractivity contribution in [3.05, 3.63) is 29.8 Å². The first kappa shape index (κ1) is 21.4. The summed E-state index contributed by atoms with van der Waals surface area (Å²) in [5, 5.41) is 10.3. The van der Waals surface area contributed by atoms with E-state index in [9.17, 15) is 18.3 Å².